The number of benzene rings is 1. The van der Waals surface area contributed by atoms with E-state index in [1.807, 2.05) is 39.0 Å². The number of amides is 2. The second-order valence-corrected chi connectivity index (χ2v) is 4.66. The van der Waals surface area contributed by atoms with Gasteiger partial charge in [-0.15, -0.1) is 0 Å². The number of hydrogen-bond donors (Lipinski definition) is 2. The lowest BCUT2D eigenvalue weighted by Crippen LogP contribution is -2.39. The van der Waals surface area contributed by atoms with Gasteiger partial charge in [-0.2, -0.15) is 0 Å². The van der Waals surface area contributed by atoms with E-state index < -0.39 is 0 Å². The molecule has 0 aromatic heterocycles. The van der Waals surface area contributed by atoms with Crippen LogP contribution in [0.1, 0.15) is 24.5 Å². The van der Waals surface area contributed by atoms with E-state index in [4.69, 9.17) is 4.74 Å². The topological polar surface area (TPSA) is 67.4 Å². The molecule has 0 radical (unpaired) electrons. The van der Waals surface area contributed by atoms with Gasteiger partial charge in [-0.1, -0.05) is 13.0 Å². The number of nitrogens with one attached hydrogen (secondary N) is 2. The van der Waals surface area contributed by atoms with Gasteiger partial charge in [-0.05, 0) is 43.5 Å². The minimum absolute atomic E-state index is 0.0187. The Morgan fingerprint density at radius 1 is 1.10 bits per heavy atom. The van der Waals surface area contributed by atoms with Crippen molar-refractivity contribution < 1.29 is 14.3 Å². The van der Waals surface area contributed by atoms with Crippen molar-refractivity contribution >= 4 is 11.8 Å². The zero-order chi connectivity index (χ0) is 15.0. The Morgan fingerprint density at radius 3 is 2.50 bits per heavy atom. The Bertz CT molecular complexity index is 472. The third-order valence-electron chi connectivity index (χ3n) is 2.87. The van der Waals surface area contributed by atoms with Crippen molar-refractivity contribution in [1.29, 1.82) is 0 Å². The van der Waals surface area contributed by atoms with Gasteiger partial charge in [0.1, 0.15) is 5.75 Å². The third kappa shape index (κ3) is 5.73. The number of carbonyl (C=O) groups excluding carboxylic acids is 2. The first-order chi connectivity index (χ1) is 9.52. The summed E-state index contributed by atoms with van der Waals surface area (Å²) >= 11 is 0. The Morgan fingerprint density at radius 2 is 1.85 bits per heavy atom. The van der Waals surface area contributed by atoms with E-state index in [1.54, 1.807) is 0 Å². The van der Waals surface area contributed by atoms with Gasteiger partial charge in [0.05, 0.1) is 6.54 Å². The van der Waals surface area contributed by atoms with Crippen LogP contribution >= 0.6 is 0 Å². The number of carbonyl (C=O) groups is 2. The molecule has 0 aliphatic rings. The molecule has 1 aromatic rings. The fourth-order valence-corrected chi connectivity index (χ4v) is 1.51. The van der Waals surface area contributed by atoms with Crippen LogP contribution in [-0.2, 0) is 9.59 Å². The lowest BCUT2D eigenvalue weighted by atomic mass is 10.1. The van der Waals surface area contributed by atoms with E-state index in [-0.39, 0.29) is 25.0 Å². The van der Waals surface area contributed by atoms with Gasteiger partial charge in [-0.25, -0.2) is 0 Å². The molecule has 0 bridgehead atoms. The van der Waals surface area contributed by atoms with Crippen LogP contribution in [0.25, 0.3) is 0 Å². The Kier molecular flexibility index (Phi) is 6.56. The molecule has 1 rings (SSSR count). The first-order valence-electron chi connectivity index (χ1n) is 6.76. The van der Waals surface area contributed by atoms with E-state index in [0.29, 0.717) is 12.3 Å². The molecule has 2 N–H and O–H groups in total. The summed E-state index contributed by atoms with van der Waals surface area (Å²) in [5.41, 5.74) is 2.29. The predicted molar refractivity (Wildman–Crippen MR) is 77.7 cm³/mol. The van der Waals surface area contributed by atoms with E-state index in [2.05, 4.69) is 10.6 Å². The average Bonchev–Trinajstić information content (AvgIpc) is 2.44. The van der Waals surface area contributed by atoms with Crippen molar-refractivity contribution in [3.8, 4) is 5.75 Å². The van der Waals surface area contributed by atoms with Crippen LogP contribution in [0, 0.1) is 13.8 Å². The molecule has 0 saturated heterocycles. The second kappa shape index (κ2) is 8.19. The van der Waals surface area contributed by atoms with Crippen molar-refractivity contribution in [3.63, 3.8) is 0 Å². The molecular formula is C15H22N2O3. The standard InChI is InChI=1S/C15H22N2O3/c1-4-7-16-14(18)9-17-15(19)10-20-13-6-5-11(2)12(3)8-13/h5-6,8H,4,7,9-10H2,1-3H3,(H,16,18)(H,17,19). The summed E-state index contributed by atoms with van der Waals surface area (Å²) in [6.07, 6.45) is 0.871. The third-order valence-corrected chi connectivity index (χ3v) is 2.87. The van der Waals surface area contributed by atoms with E-state index in [0.717, 1.165) is 12.0 Å². The quantitative estimate of drug-likeness (QED) is 0.790. The second-order valence-electron chi connectivity index (χ2n) is 4.66. The molecule has 0 heterocycles. The Hall–Kier alpha value is -2.04. The Labute approximate surface area is 119 Å². The molecule has 20 heavy (non-hydrogen) atoms. The van der Waals surface area contributed by atoms with Gasteiger partial charge >= 0.3 is 0 Å². The fourth-order valence-electron chi connectivity index (χ4n) is 1.51. The van der Waals surface area contributed by atoms with Crippen LogP contribution in [0.3, 0.4) is 0 Å². The summed E-state index contributed by atoms with van der Waals surface area (Å²) in [7, 11) is 0. The van der Waals surface area contributed by atoms with Crippen molar-refractivity contribution in [1.82, 2.24) is 10.6 Å². The molecule has 0 unspecified atom stereocenters. The van der Waals surface area contributed by atoms with Gasteiger partial charge in [0.25, 0.3) is 5.91 Å². The van der Waals surface area contributed by atoms with Crippen LogP contribution in [0.5, 0.6) is 5.75 Å². The fraction of sp³-hybridized carbons (Fsp3) is 0.467. The van der Waals surface area contributed by atoms with E-state index in [9.17, 15) is 9.59 Å². The molecule has 1 aromatic carbocycles. The maximum absolute atomic E-state index is 11.5. The highest BCUT2D eigenvalue weighted by molar-refractivity contribution is 5.85. The van der Waals surface area contributed by atoms with Gasteiger partial charge < -0.3 is 15.4 Å². The molecule has 0 saturated carbocycles. The van der Waals surface area contributed by atoms with Crippen LogP contribution < -0.4 is 15.4 Å². The van der Waals surface area contributed by atoms with Crippen LogP contribution in [-0.4, -0.2) is 31.5 Å². The van der Waals surface area contributed by atoms with E-state index in [1.165, 1.54) is 5.56 Å². The highest BCUT2D eigenvalue weighted by Gasteiger charge is 2.06. The maximum Gasteiger partial charge on any atom is 0.258 e. The molecule has 5 heteroatoms. The maximum atomic E-state index is 11.5. The molecule has 0 aliphatic heterocycles. The molecular weight excluding hydrogens is 256 g/mol. The van der Waals surface area contributed by atoms with Gasteiger partial charge in [0, 0.05) is 6.54 Å². The van der Waals surface area contributed by atoms with Crippen molar-refractivity contribution in [2.45, 2.75) is 27.2 Å². The molecule has 2 amide bonds. The zero-order valence-corrected chi connectivity index (χ0v) is 12.3. The molecule has 5 nitrogen and oxygen atoms in total. The molecule has 0 atom stereocenters. The first kappa shape index (κ1) is 16.0. The van der Waals surface area contributed by atoms with Gasteiger partial charge in [0.15, 0.2) is 6.61 Å². The largest absolute Gasteiger partial charge is 0.484 e. The van der Waals surface area contributed by atoms with Gasteiger partial charge in [-0.3, -0.25) is 9.59 Å². The highest BCUT2D eigenvalue weighted by Crippen LogP contribution is 2.16. The van der Waals surface area contributed by atoms with E-state index >= 15 is 0 Å². The predicted octanol–water partition coefficient (Wildman–Crippen LogP) is 1.32. The minimum Gasteiger partial charge on any atom is -0.484 e. The highest BCUT2D eigenvalue weighted by atomic mass is 16.5. The van der Waals surface area contributed by atoms with Crippen LogP contribution in [0.4, 0.5) is 0 Å². The minimum atomic E-state index is -0.310. The van der Waals surface area contributed by atoms with Crippen molar-refractivity contribution in [3.05, 3.63) is 29.3 Å². The number of hydrogen-bond acceptors (Lipinski definition) is 3. The van der Waals surface area contributed by atoms with Crippen molar-refractivity contribution in [2.75, 3.05) is 19.7 Å². The summed E-state index contributed by atoms with van der Waals surface area (Å²) in [4.78, 5) is 22.8. The molecule has 0 spiro atoms. The van der Waals surface area contributed by atoms with Crippen molar-refractivity contribution in [2.24, 2.45) is 0 Å². The van der Waals surface area contributed by atoms with Crippen LogP contribution in [0.15, 0.2) is 18.2 Å². The normalized spacial score (nSPS) is 9.95. The van der Waals surface area contributed by atoms with Gasteiger partial charge in [0.2, 0.25) is 5.91 Å². The number of aryl methyl sites for hydroxylation is 2. The smallest absolute Gasteiger partial charge is 0.258 e. The zero-order valence-electron chi connectivity index (χ0n) is 12.3. The summed E-state index contributed by atoms with van der Waals surface area (Å²) in [6.45, 7) is 6.48. The lowest BCUT2D eigenvalue weighted by molar-refractivity contribution is -0.127. The number of ether oxygens (including phenoxy) is 1. The summed E-state index contributed by atoms with van der Waals surface area (Å²) in [5.74, 6) is 0.153. The monoisotopic (exact) mass is 278 g/mol. The summed E-state index contributed by atoms with van der Waals surface area (Å²) in [6, 6.07) is 5.65. The Balaban J connectivity index is 2.29. The summed E-state index contributed by atoms with van der Waals surface area (Å²) < 4.78 is 5.37. The first-order valence-corrected chi connectivity index (χ1v) is 6.76. The molecule has 0 aliphatic carbocycles. The van der Waals surface area contributed by atoms with Crippen LogP contribution in [0.2, 0.25) is 0 Å². The molecule has 110 valence electrons. The summed E-state index contributed by atoms with van der Waals surface area (Å²) in [5, 5.41) is 5.19. The SMILES string of the molecule is CCCNC(=O)CNC(=O)COc1ccc(C)c(C)c1. The number of rotatable bonds is 7. The molecule has 0 fully saturated rings. The lowest BCUT2D eigenvalue weighted by Gasteiger charge is -2.09. The average molecular weight is 278 g/mol.